The van der Waals surface area contributed by atoms with Crippen LogP contribution >= 0.6 is 12.2 Å². The Labute approximate surface area is 114 Å². The highest BCUT2D eigenvalue weighted by atomic mass is 32.1. The molecule has 0 amide bonds. The van der Waals surface area contributed by atoms with Gasteiger partial charge >= 0.3 is 0 Å². The van der Waals surface area contributed by atoms with Gasteiger partial charge in [-0.3, -0.25) is 4.98 Å². The molecule has 0 radical (unpaired) electrons. The summed E-state index contributed by atoms with van der Waals surface area (Å²) >= 11 is 5.33. The minimum absolute atomic E-state index is 0.559. The van der Waals surface area contributed by atoms with Gasteiger partial charge in [-0.2, -0.15) is 0 Å². The molecule has 0 unspecified atom stereocenters. The van der Waals surface area contributed by atoms with Crippen LogP contribution in [0.15, 0.2) is 18.3 Å². The van der Waals surface area contributed by atoms with E-state index in [9.17, 15) is 0 Å². The Hall–Kier alpha value is -1.16. The fourth-order valence-electron chi connectivity index (χ4n) is 2.35. The summed E-state index contributed by atoms with van der Waals surface area (Å²) in [7, 11) is 0. The van der Waals surface area contributed by atoms with Crippen molar-refractivity contribution in [3.05, 3.63) is 29.6 Å². The van der Waals surface area contributed by atoms with Crippen LogP contribution < -0.4 is 10.6 Å². The first-order valence-electron chi connectivity index (χ1n) is 6.70. The zero-order valence-corrected chi connectivity index (χ0v) is 11.7. The van der Waals surface area contributed by atoms with E-state index in [-0.39, 0.29) is 0 Å². The Kier molecular flexibility index (Phi) is 4.93. The van der Waals surface area contributed by atoms with Crippen LogP contribution in [0.1, 0.15) is 43.4 Å². The van der Waals surface area contributed by atoms with Crippen molar-refractivity contribution in [2.24, 2.45) is 0 Å². The fourth-order valence-corrected chi connectivity index (χ4v) is 2.59. The quantitative estimate of drug-likeness (QED) is 0.822. The van der Waals surface area contributed by atoms with Gasteiger partial charge in [0.25, 0.3) is 0 Å². The number of hydrogen-bond acceptors (Lipinski definition) is 2. The highest BCUT2D eigenvalue weighted by molar-refractivity contribution is 7.80. The number of pyridine rings is 1. The van der Waals surface area contributed by atoms with Gasteiger partial charge in [0, 0.05) is 12.2 Å². The lowest BCUT2D eigenvalue weighted by Gasteiger charge is -2.24. The van der Waals surface area contributed by atoms with Gasteiger partial charge in [0.05, 0.1) is 12.2 Å². The van der Waals surface area contributed by atoms with Gasteiger partial charge in [0.1, 0.15) is 0 Å². The van der Waals surface area contributed by atoms with E-state index < -0.39 is 0 Å². The summed E-state index contributed by atoms with van der Waals surface area (Å²) in [4.78, 5) is 4.35. The number of aromatic nitrogens is 1. The van der Waals surface area contributed by atoms with Crippen LogP contribution in [0.3, 0.4) is 0 Å². The SMILES string of the molecule is Cc1cccnc1CNC(=S)NC1CCCCC1. The summed E-state index contributed by atoms with van der Waals surface area (Å²) < 4.78 is 0. The Morgan fingerprint density at radius 1 is 1.39 bits per heavy atom. The first-order chi connectivity index (χ1) is 8.75. The molecule has 1 aliphatic carbocycles. The van der Waals surface area contributed by atoms with E-state index in [1.807, 2.05) is 12.3 Å². The number of rotatable bonds is 3. The predicted molar refractivity (Wildman–Crippen MR) is 78.4 cm³/mol. The molecule has 0 aromatic carbocycles. The molecule has 1 aromatic heterocycles. The number of nitrogens with one attached hydrogen (secondary N) is 2. The number of aryl methyl sites for hydroxylation is 1. The average molecular weight is 263 g/mol. The topological polar surface area (TPSA) is 37.0 Å². The van der Waals surface area contributed by atoms with E-state index in [0.29, 0.717) is 12.6 Å². The highest BCUT2D eigenvalue weighted by Crippen LogP contribution is 2.17. The normalized spacial score (nSPS) is 16.3. The Bertz CT molecular complexity index is 400. The number of nitrogens with zero attached hydrogens (tertiary/aromatic N) is 1. The summed E-state index contributed by atoms with van der Waals surface area (Å²) in [5.74, 6) is 0. The maximum absolute atomic E-state index is 5.33. The second-order valence-corrected chi connectivity index (χ2v) is 5.34. The minimum Gasteiger partial charge on any atom is -0.360 e. The van der Waals surface area contributed by atoms with Gasteiger partial charge in [-0.15, -0.1) is 0 Å². The molecule has 98 valence electrons. The molecule has 1 heterocycles. The lowest BCUT2D eigenvalue weighted by atomic mass is 9.96. The summed E-state index contributed by atoms with van der Waals surface area (Å²) in [5, 5.41) is 7.40. The first kappa shape index (κ1) is 13.3. The molecule has 1 aromatic rings. The van der Waals surface area contributed by atoms with Crippen LogP contribution in [0.2, 0.25) is 0 Å². The molecule has 4 heteroatoms. The highest BCUT2D eigenvalue weighted by Gasteiger charge is 2.13. The van der Waals surface area contributed by atoms with Crippen molar-refractivity contribution in [3.8, 4) is 0 Å². The minimum atomic E-state index is 0.559. The lowest BCUT2D eigenvalue weighted by molar-refractivity contribution is 0.412. The zero-order chi connectivity index (χ0) is 12.8. The van der Waals surface area contributed by atoms with Crippen LogP contribution in [0.25, 0.3) is 0 Å². The van der Waals surface area contributed by atoms with E-state index in [1.165, 1.54) is 37.7 Å². The molecule has 18 heavy (non-hydrogen) atoms. The summed E-state index contributed by atoms with van der Waals surface area (Å²) in [6.45, 7) is 2.77. The van der Waals surface area contributed by atoms with E-state index in [0.717, 1.165) is 10.8 Å². The second-order valence-electron chi connectivity index (χ2n) is 4.93. The number of thiocarbonyl (C=S) groups is 1. The third kappa shape index (κ3) is 3.95. The molecule has 0 saturated heterocycles. The molecule has 0 aliphatic heterocycles. The molecule has 2 N–H and O–H groups in total. The van der Waals surface area contributed by atoms with Crippen LogP contribution in [0, 0.1) is 6.92 Å². The van der Waals surface area contributed by atoms with Gasteiger partial charge in [0.15, 0.2) is 5.11 Å². The van der Waals surface area contributed by atoms with Crippen molar-refractivity contribution < 1.29 is 0 Å². The first-order valence-corrected chi connectivity index (χ1v) is 7.11. The molecule has 0 atom stereocenters. The van der Waals surface area contributed by atoms with Crippen LogP contribution in [0.4, 0.5) is 0 Å². The van der Waals surface area contributed by atoms with Crippen molar-refractivity contribution in [1.29, 1.82) is 0 Å². The fraction of sp³-hybridized carbons (Fsp3) is 0.571. The Morgan fingerprint density at radius 3 is 2.89 bits per heavy atom. The molecular weight excluding hydrogens is 242 g/mol. The Morgan fingerprint density at radius 2 is 2.17 bits per heavy atom. The van der Waals surface area contributed by atoms with Gasteiger partial charge in [-0.25, -0.2) is 0 Å². The van der Waals surface area contributed by atoms with Crippen molar-refractivity contribution in [2.75, 3.05) is 0 Å². The van der Waals surface area contributed by atoms with Crippen LogP contribution in [0.5, 0.6) is 0 Å². The molecule has 1 saturated carbocycles. The summed E-state index contributed by atoms with van der Waals surface area (Å²) in [6, 6.07) is 4.59. The predicted octanol–water partition coefficient (Wildman–Crippen LogP) is 2.69. The van der Waals surface area contributed by atoms with Crippen LogP contribution in [-0.4, -0.2) is 16.1 Å². The van der Waals surface area contributed by atoms with Gasteiger partial charge in [-0.1, -0.05) is 25.3 Å². The maximum atomic E-state index is 5.33. The smallest absolute Gasteiger partial charge is 0.166 e. The standard InChI is InChI=1S/C14H21N3S/c1-11-6-5-9-15-13(11)10-16-14(18)17-12-7-3-2-4-8-12/h5-6,9,12H,2-4,7-8,10H2,1H3,(H2,16,17,18). The summed E-state index contributed by atoms with van der Waals surface area (Å²) in [6.07, 6.45) is 8.31. The summed E-state index contributed by atoms with van der Waals surface area (Å²) in [5.41, 5.74) is 2.26. The van der Waals surface area contributed by atoms with Crippen molar-refractivity contribution in [1.82, 2.24) is 15.6 Å². The van der Waals surface area contributed by atoms with E-state index >= 15 is 0 Å². The van der Waals surface area contributed by atoms with Gasteiger partial charge in [-0.05, 0) is 43.6 Å². The molecule has 0 bridgehead atoms. The third-order valence-corrected chi connectivity index (χ3v) is 3.74. The third-order valence-electron chi connectivity index (χ3n) is 3.47. The average Bonchev–Trinajstić information content (AvgIpc) is 2.39. The molecule has 3 nitrogen and oxygen atoms in total. The van der Waals surface area contributed by atoms with E-state index in [1.54, 1.807) is 0 Å². The lowest BCUT2D eigenvalue weighted by Crippen LogP contribution is -2.42. The molecule has 1 fully saturated rings. The number of hydrogen-bond donors (Lipinski definition) is 2. The molecule has 2 rings (SSSR count). The molecule has 0 spiro atoms. The molecular formula is C14H21N3S. The van der Waals surface area contributed by atoms with E-state index in [4.69, 9.17) is 12.2 Å². The zero-order valence-electron chi connectivity index (χ0n) is 10.9. The Balaban J connectivity index is 1.76. The van der Waals surface area contributed by atoms with Crippen LogP contribution in [-0.2, 0) is 6.54 Å². The largest absolute Gasteiger partial charge is 0.360 e. The maximum Gasteiger partial charge on any atom is 0.166 e. The van der Waals surface area contributed by atoms with Gasteiger partial charge in [0.2, 0.25) is 0 Å². The van der Waals surface area contributed by atoms with Gasteiger partial charge < -0.3 is 10.6 Å². The van der Waals surface area contributed by atoms with Crippen molar-refractivity contribution >= 4 is 17.3 Å². The van der Waals surface area contributed by atoms with Crippen molar-refractivity contribution in [2.45, 2.75) is 51.6 Å². The van der Waals surface area contributed by atoms with E-state index in [2.05, 4.69) is 28.6 Å². The molecule has 1 aliphatic rings. The second kappa shape index (κ2) is 6.69. The monoisotopic (exact) mass is 263 g/mol. The van der Waals surface area contributed by atoms with Crippen molar-refractivity contribution in [3.63, 3.8) is 0 Å².